The summed E-state index contributed by atoms with van der Waals surface area (Å²) in [5.41, 5.74) is 0.319. The molecule has 0 unspecified atom stereocenters. The average molecular weight is 379 g/mol. The summed E-state index contributed by atoms with van der Waals surface area (Å²) in [6.07, 6.45) is 0. The summed E-state index contributed by atoms with van der Waals surface area (Å²) in [5.74, 6) is -2.40. The third-order valence-electron chi connectivity index (χ3n) is 3.64. The molecule has 0 aliphatic carbocycles. The van der Waals surface area contributed by atoms with Crippen LogP contribution in [-0.4, -0.2) is 38.2 Å². The minimum Gasteiger partial charge on any atom is -0.468 e. The van der Waals surface area contributed by atoms with E-state index < -0.39 is 38.7 Å². The average Bonchev–Trinajstić information content (AvgIpc) is 2.61. The van der Waals surface area contributed by atoms with Crippen LogP contribution in [0.3, 0.4) is 0 Å². The van der Waals surface area contributed by atoms with Gasteiger partial charge in [0.15, 0.2) is 0 Å². The summed E-state index contributed by atoms with van der Waals surface area (Å²) in [4.78, 5) is 22.7. The summed E-state index contributed by atoms with van der Waals surface area (Å²) < 4.78 is 35.1. The van der Waals surface area contributed by atoms with Gasteiger partial charge >= 0.3 is 16.1 Å². The lowest BCUT2D eigenvalue weighted by Crippen LogP contribution is -2.42. The highest BCUT2D eigenvalue weighted by Crippen LogP contribution is 2.28. The van der Waals surface area contributed by atoms with Crippen LogP contribution in [0.1, 0.15) is 11.5 Å². The standard InChI is InChI=1S/C17H17NO7S/c1-24-17(19)16(26(22,23)25-14-10-6-3-7-11-14)15(12-18(20)21)13-8-4-2-5-9-13/h2-11,15-16H,12H2,1H3/t15-,16-/m1/s1. The van der Waals surface area contributed by atoms with Crippen molar-refractivity contribution in [2.24, 2.45) is 0 Å². The van der Waals surface area contributed by atoms with Gasteiger partial charge < -0.3 is 8.92 Å². The van der Waals surface area contributed by atoms with E-state index in [0.29, 0.717) is 5.56 Å². The SMILES string of the molecule is COC(=O)[C@@H]([C@H](C[N+](=O)[O-])c1ccccc1)S(=O)(=O)Oc1ccccc1. The molecule has 0 N–H and O–H groups in total. The van der Waals surface area contributed by atoms with Crippen LogP contribution in [0.25, 0.3) is 0 Å². The monoisotopic (exact) mass is 379 g/mol. The molecular formula is C17H17NO7S. The number of carbonyl (C=O) groups excluding carboxylic acids is 1. The van der Waals surface area contributed by atoms with Crippen LogP contribution in [-0.2, 0) is 19.6 Å². The van der Waals surface area contributed by atoms with E-state index in [0.717, 1.165) is 7.11 Å². The zero-order chi connectivity index (χ0) is 19.2. The summed E-state index contributed by atoms with van der Waals surface area (Å²) >= 11 is 0. The molecule has 0 heterocycles. The highest BCUT2D eigenvalue weighted by molar-refractivity contribution is 7.88. The molecule has 26 heavy (non-hydrogen) atoms. The minimum atomic E-state index is -4.56. The van der Waals surface area contributed by atoms with Crippen LogP contribution in [0.5, 0.6) is 5.75 Å². The first-order valence-electron chi connectivity index (χ1n) is 7.58. The van der Waals surface area contributed by atoms with Crippen molar-refractivity contribution in [3.05, 3.63) is 76.3 Å². The van der Waals surface area contributed by atoms with Crippen LogP contribution in [0, 0.1) is 10.1 Å². The van der Waals surface area contributed by atoms with Crippen molar-refractivity contribution in [2.75, 3.05) is 13.7 Å². The maximum atomic E-state index is 12.8. The van der Waals surface area contributed by atoms with E-state index in [1.807, 2.05) is 0 Å². The van der Waals surface area contributed by atoms with Crippen molar-refractivity contribution in [1.29, 1.82) is 0 Å². The van der Waals surface area contributed by atoms with Crippen molar-refractivity contribution < 1.29 is 27.1 Å². The number of rotatable bonds is 8. The van der Waals surface area contributed by atoms with Gasteiger partial charge in [-0.2, -0.15) is 8.42 Å². The van der Waals surface area contributed by atoms with Crippen molar-refractivity contribution >= 4 is 16.1 Å². The number of para-hydroxylation sites is 1. The van der Waals surface area contributed by atoms with Crippen LogP contribution < -0.4 is 4.18 Å². The van der Waals surface area contributed by atoms with Gasteiger partial charge in [-0.25, -0.2) is 0 Å². The van der Waals surface area contributed by atoms with Crippen molar-refractivity contribution in [3.8, 4) is 5.75 Å². The molecule has 2 aromatic rings. The summed E-state index contributed by atoms with van der Waals surface area (Å²) in [7, 11) is -3.54. The van der Waals surface area contributed by atoms with Gasteiger partial charge in [0.1, 0.15) is 5.75 Å². The Morgan fingerprint density at radius 3 is 2.12 bits per heavy atom. The smallest absolute Gasteiger partial charge is 0.328 e. The molecular weight excluding hydrogens is 362 g/mol. The molecule has 9 heteroatoms. The summed E-state index contributed by atoms with van der Waals surface area (Å²) in [5, 5.41) is 9.21. The number of hydrogen-bond donors (Lipinski definition) is 0. The zero-order valence-electron chi connectivity index (χ0n) is 13.8. The summed E-state index contributed by atoms with van der Waals surface area (Å²) in [6, 6.07) is 15.5. The van der Waals surface area contributed by atoms with Crippen molar-refractivity contribution in [2.45, 2.75) is 11.2 Å². The quantitative estimate of drug-likeness (QED) is 0.298. The lowest BCUT2D eigenvalue weighted by molar-refractivity contribution is -0.483. The molecule has 0 saturated carbocycles. The summed E-state index contributed by atoms with van der Waals surface area (Å²) in [6.45, 7) is -0.777. The van der Waals surface area contributed by atoms with Crippen molar-refractivity contribution in [1.82, 2.24) is 0 Å². The van der Waals surface area contributed by atoms with Gasteiger partial charge in [-0.3, -0.25) is 14.9 Å². The first kappa shape index (κ1) is 19.4. The van der Waals surface area contributed by atoms with Gasteiger partial charge in [0.2, 0.25) is 11.8 Å². The fourth-order valence-electron chi connectivity index (χ4n) is 2.50. The number of hydrogen-bond acceptors (Lipinski definition) is 7. The van der Waals surface area contributed by atoms with Gasteiger partial charge in [0, 0.05) is 4.92 Å². The molecule has 138 valence electrons. The Bertz CT molecular complexity index is 853. The molecule has 2 atom stereocenters. The molecule has 0 radical (unpaired) electrons. The third-order valence-corrected chi connectivity index (χ3v) is 5.21. The number of carbonyl (C=O) groups is 1. The molecule has 0 aliphatic rings. The second kappa shape index (κ2) is 8.43. The topological polar surface area (TPSA) is 113 Å². The molecule has 0 spiro atoms. The van der Waals surface area contributed by atoms with Crippen LogP contribution in [0.15, 0.2) is 60.7 Å². The van der Waals surface area contributed by atoms with E-state index in [1.54, 1.807) is 36.4 Å². The first-order chi connectivity index (χ1) is 12.3. The number of nitrogens with zero attached hydrogens (tertiary/aromatic N) is 1. The van der Waals surface area contributed by atoms with E-state index in [-0.39, 0.29) is 5.75 Å². The van der Waals surface area contributed by atoms with Gasteiger partial charge in [-0.15, -0.1) is 0 Å². The molecule has 0 saturated heterocycles. The maximum Gasteiger partial charge on any atom is 0.328 e. The Morgan fingerprint density at radius 2 is 1.62 bits per heavy atom. The van der Waals surface area contributed by atoms with Gasteiger partial charge in [-0.1, -0.05) is 48.5 Å². The second-order valence-corrected chi connectivity index (χ2v) is 7.03. The van der Waals surface area contributed by atoms with Crippen LogP contribution in [0.4, 0.5) is 0 Å². The fourth-order valence-corrected chi connectivity index (χ4v) is 3.96. The number of ether oxygens (including phenoxy) is 1. The molecule has 0 amide bonds. The van der Waals surface area contributed by atoms with E-state index in [1.165, 1.54) is 24.3 Å². The molecule has 0 fully saturated rings. The number of nitro groups is 1. The van der Waals surface area contributed by atoms with E-state index in [9.17, 15) is 23.3 Å². The molecule has 2 aromatic carbocycles. The second-order valence-electron chi connectivity index (χ2n) is 5.37. The highest BCUT2D eigenvalue weighted by Gasteiger charge is 2.45. The Hall–Kier alpha value is -2.94. The van der Waals surface area contributed by atoms with E-state index in [2.05, 4.69) is 4.74 Å². The van der Waals surface area contributed by atoms with Gasteiger partial charge in [-0.05, 0) is 17.7 Å². The molecule has 0 aliphatic heterocycles. The molecule has 8 nitrogen and oxygen atoms in total. The Kier molecular flexibility index (Phi) is 6.29. The number of methoxy groups -OCH3 is 1. The lowest BCUT2D eigenvalue weighted by atomic mass is 9.95. The molecule has 0 bridgehead atoms. The zero-order valence-corrected chi connectivity index (χ0v) is 14.7. The maximum absolute atomic E-state index is 12.8. The highest BCUT2D eigenvalue weighted by atomic mass is 32.2. The van der Waals surface area contributed by atoms with Crippen molar-refractivity contribution in [3.63, 3.8) is 0 Å². The first-order valence-corrected chi connectivity index (χ1v) is 9.05. The fraction of sp³-hybridized carbons (Fsp3) is 0.235. The molecule has 0 aromatic heterocycles. The largest absolute Gasteiger partial charge is 0.468 e. The van der Waals surface area contributed by atoms with Crippen LogP contribution in [0.2, 0.25) is 0 Å². The van der Waals surface area contributed by atoms with E-state index >= 15 is 0 Å². The minimum absolute atomic E-state index is 0.00526. The predicted octanol–water partition coefficient (Wildman–Crippen LogP) is 2.00. The van der Waals surface area contributed by atoms with Gasteiger partial charge in [0.05, 0.1) is 13.0 Å². The van der Waals surface area contributed by atoms with E-state index in [4.69, 9.17) is 4.18 Å². The predicted molar refractivity (Wildman–Crippen MR) is 92.8 cm³/mol. The van der Waals surface area contributed by atoms with Crippen LogP contribution >= 0.6 is 0 Å². The Labute approximate surface area is 150 Å². The van der Waals surface area contributed by atoms with Gasteiger partial charge in [0.25, 0.3) is 0 Å². The Balaban J connectivity index is 2.49. The molecule has 2 rings (SSSR count). The number of benzene rings is 2. The third kappa shape index (κ3) is 4.79. The number of esters is 1. The normalized spacial score (nSPS) is 13.4. The Morgan fingerprint density at radius 1 is 1.08 bits per heavy atom. The lowest BCUT2D eigenvalue weighted by Gasteiger charge is -2.22.